The van der Waals surface area contributed by atoms with E-state index in [1.54, 1.807) is 32.4 Å². The summed E-state index contributed by atoms with van der Waals surface area (Å²) in [5.41, 5.74) is 3.21. The van der Waals surface area contributed by atoms with Crippen molar-refractivity contribution in [2.45, 2.75) is 32.9 Å². The molecular formula is C31H30F2N2O6. The van der Waals surface area contributed by atoms with Crippen molar-refractivity contribution in [1.82, 2.24) is 10.3 Å². The number of ether oxygens (including phenoxy) is 3. The van der Waals surface area contributed by atoms with Gasteiger partial charge in [0.25, 0.3) is 5.91 Å². The van der Waals surface area contributed by atoms with E-state index in [1.807, 2.05) is 32.0 Å². The summed E-state index contributed by atoms with van der Waals surface area (Å²) in [4.78, 5) is 29.6. The number of rotatable bonds is 11. The van der Waals surface area contributed by atoms with E-state index in [4.69, 9.17) is 19.2 Å². The Morgan fingerprint density at radius 3 is 2.24 bits per heavy atom. The van der Waals surface area contributed by atoms with Crippen LogP contribution in [0.2, 0.25) is 0 Å². The fourth-order valence-corrected chi connectivity index (χ4v) is 4.65. The number of methoxy groups -OCH3 is 2. The summed E-state index contributed by atoms with van der Waals surface area (Å²) in [5, 5.41) is 12.8. The number of hydrogen-bond acceptors (Lipinski definition) is 6. The van der Waals surface area contributed by atoms with Gasteiger partial charge < -0.3 is 24.6 Å². The van der Waals surface area contributed by atoms with Crippen molar-refractivity contribution in [2.24, 2.45) is 0 Å². The molecule has 0 bridgehead atoms. The van der Waals surface area contributed by atoms with E-state index in [0.717, 1.165) is 29.5 Å². The monoisotopic (exact) mass is 564 g/mol. The zero-order valence-electron chi connectivity index (χ0n) is 23.1. The van der Waals surface area contributed by atoms with E-state index >= 15 is 0 Å². The maximum Gasteiger partial charge on any atom is 0.326 e. The van der Waals surface area contributed by atoms with Gasteiger partial charge in [-0.1, -0.05) is 24.3 Å². The molecule has 1 amide bonds. The highest BCUT2D eigenvalue weighted by atomic mass is 19.1. The minimum Gasteiger partial charge on any atom is -0.496 e. The average Bonchev–Trinajstić information content (AvgIpc) is 2.95. The number of amides is 1. The van der Waals surface area contributed by atoms with E-state index in [1.165, 1.54) is 0 Å². The normalized spacial score (nSPS) is 11.8. The van der Waals surface area contributed by atoms with Gasteiger partial charge in [-0.2, -0.15) is 0 Å². The molecule has 4 aromatic rings. The number of aliphatic carboxylic acids is 1. The molecule has 4 rings (SSSR count). The molecule has 1 heterocycles. The van der Waals surface area contributed by atoms with Gasteiger partial charge in [0, 0.05) is 29.7 Å². The average molecular weight is 565 g/mol. The van der Waals surface area contributed by atoms with Crippen LogP contribution in [0.15, 0.2) is 54.6 Å². The summed E-state index contributed by atoms with van der Waals surface area (Å²) in [6.45, 7) is 4.66. The van der Waals surface area contributed by atoms with Crippen molar-refractivity contribution in [3.05, 3.63) is 88.6 Å². The maximum atomic E-state index is 14.2. The van der Waals surface area contributed by atoms with Gasteiger partial charge in [-0.3, -0.25) is 9.78 Å². The van der Waals surface area contributed by atoms with Crippen molar-refractivity contribution >= 4 is 22.8 Å². The molecule has 0 saturated heterocycles. The third kappa shape index (κ3) is 6.28. The van der Waals surface area contributed by atoms with E-state index in [0.29, 0.717) is 52.3 Å². The number of nitrogens with zero attached hydrogens (tertiary/aromatic N) is 1. The van der Waals surface area contributed by atoms with Crippen molar-refractivity contribution < 1.29 is 37.7 Å². The SMILES string of the molecule is CCOCc1cc(OC)c(-c2ccc(C[C@H](NC(=O)c3c(F)cccc3F)C(=O)O)c3ccc(C)nc23)c(OC)c1. The zero-order chi connectivity index (χ0) is 29.7. The van der Waals surface area contributed by atoms with Gasteiger partial charge in [0.1, 0.15) is 34.7 Å². The number of carbonyl (C=O) groups excluding carboxylic acids is 1. The molecule has 0 aliphatic rings. The van der Waals surface area contributed by atoms with Crippen molar-refractivity contribution in [2.75, 3.05) is 20.8 Å². The van der Waals surface area contributed by atoms with Crippen LogP contribution in [-0.2, 0) is 22.6 Å². The lowest BCUT2D eigenvalue weighted by molar-refractivity contribution is -0.139. The Morgan fingerprint density at radius 2 is 1.66 bits per heavy atom. The number of nitrogens with one attached hydrogen (secondary N) is 1. The number of halogens is 2. The van der Waals surface area contributed by atoms with Gasteiger partial charge in [-0.25, -0.2) is 13.6 Å². The molecule has 0 unspecified atom stereocenters. The number of fused-ring (bicyclic) bond motifs is 1. The van der Waals surface area contributed by atoms with E-state index in [-0.39, 0.29) is 6.42 Å². The lowest BCUT2D eigenvalue weighted by Gasteiger charge is -2.20. The summed E-state index contributed by atoms with van der Waals surface area (Å²) >= 11 is 0. The Hall–Kier alpha value is -4.57. The Labute approximate surface area is 235 Å². The fourth-order valence-electron chi connectivity index (χ4n) is 4.65. The number of pyridine rings is 1. The van der Waals surface area contributed by atoms with Gasteiger partial charge in [0.15, 0.2) is 0 Å². The zero-order valence-corrected chi connectivity index (χ0v) is 23.1. The third-order valence-corrected chi connectivity index (χ3v) is 6.61. The van der Waals surface area contributed by atoms with Crippen molar-refractivity contribution in [1.29, 1.82) is 0 Å². The number of hydrogen-bond donors (Lipinski definition) is 2. The third-order valence-electron chi connectivity index (χ3n) is 6.61. The molecular weight excluding hydrogens is 534 g/mol. The Morgan fingerprint density at radius 1 is 1.00 bits per heavy atom. The standard InChI is InChI=1S/C31H30F2N2O6/c1-5-41-16-18-13-25(39-3)27(26(14-18)40-4)21-12-10-19(20-11-9-17(2)34-29(20)21)15-24(31(37)38)35-30(36)28-22(32)7-6-8-23(28)33/h6-14,24H,5,15-16H2,1-4H3,(H,35,36)(H,37,38)/t24-/m0/s1. The summed E-state index contributed by atoms with van der Waals surface area (Å²) < 4.78 is 45.3. The summed E-state index contributed by atoms with van der Waals surface area (Å²) in [5.74, 6) is -3.62. The molecule has 8 nitrogen and oxygen atoms in total. The van der Waals surface area contributed by atoms with Crippen LogP contribution >= 0.6 is 0 Å². The van der Waals surface area contributed by atoms with E-state index in [2.05, 4.69) is 5.32 Å². The number of aryl methyl sites for hydroxylation is 1. The molecule has 41 heavy (non-hydrogen) atoms. The summed E-state index contributed by atoms with van der Waals surface area (Å²) in [6.07, 6.45) is -0.166. The van der Waals surface area contributed by atoms with Crippen LogP contribution in [0, 0.1) is 18.6 Å². The predicted molar refractivity (Wildman–Crippen MR) is 149 cm³/mol. The molecule has 1 aromatic heterocycles. The molecule has 0 aliphatic carbocycles. The number of aromatic nitrogens is 1. The molecule has 0 spiro atoms. The number of carboxylic acids is 1. The Bertz CT molecular complexity index is 1560. The highest BCUT2D eigenvalue weighted by Gasteiger charge is 2.26. The number of benzene rings is 3. The maximum absolute atomic E-state index is 14.2. The van der Waals surface area contributed by atoms with Gasteiger partial charge in [0.2, 0.25) is 0 Å². The first-order valence-corrected chi connectivity index (χ1v) is 12.9. The lowest BCUT2D eigenvalue weighted by atomic mass is 9.93. The Balaban J connectivity index is 1.78. The van der Waals surface area contributed by atoms with Crippen LogP contribution in [-0.4, -0.2) is 48.8 Å². The molecule has 0 radical (unpaired) electrons. The molecule has 1 atom stereocenters. The highest BCUT2D eigenvalue weighted by Crippen LogP contribution is 2.43. The molecule has 0 saturated carbocycles. The summed E-state index contributed by atoms with van der Waals surface area (Å²) in [6, 6.07) is 12.3. The molecule has 3 aromatic carbocycles. The van der Waals surface area contributed by atoms with Gasteiger partial charge in [0.05, 0.1) is 31.9 Å². The number of carboxylic acid groups (broad SMARTS) is 1. The molecule has 214 valence electrons. The molecule has 0 aliphatic heterocycles. The first-order valence-electron chi connectivity index (χ1n) is 12.9. The van der Waals surface area contributed by atoms with Crippen LogP contribution in [0.3, 0.4) is 0 Å². The Kier molecular flexibility index (Phi) is 9.14. The van der Waals surface area contributed by atoms with Gasteiger partial charge >= 0.3 is 5.97 Å². The van der Waals surface area contributed by atoms with Crippen molar-refractivity contribution in [3.63, 3.8) is 0 Å². The van der Waals surface area contributed by atoms with Gasteiger partial charge in [-0.05, 0) is 55.3 Å². The van der Waals surface area contributed by atoms with Crippen LogP contribution in [0.1, 0.15) is 34.1 Å². The second-order valence-electron chi connectivity index (χ2n) is 9.30. The molecule has 10 heteroatoms. The van der Waals surface area contributed by atoms with E-state index in [9.17, 15) is 23.5 Å². The van der Waals surface area contributed by atoms with Crippen LogP contribution in [0.5, 0.6) is 11.5 Å². The fraction of sp³-hybridized carbons (Fsp3) is 0.258. The van der Waals surface area contributed by atoms with Crippen molar-refractivity contribution in [3.8, 4) is 22.6 Å². The van der Waals surface area contributed by atoms with Crippen LogP contribution in [0.4, 0.5) is 8.78 Å². The molecule has 2 N–H and O–H groups in total. The lowest BCUT2D eigenvalue weighted by Crippen LogP contribution is -2.43. The van der Waals surface area contributed by atoms with E-state index < -0.39 is 35.1 Å². The molecule has 0 fully saturated rings. The number of carbonyl (C=O) groups is 2. The minimum absolute atomic E-state index is 0.166. The quantitative estimate of drug-likeness (QED) is 0.249. The largest absolute Gasteiger partial charge is 0.496 e. The predicted octanol–water partition coefficient (Wildman–Crippen LogP) is 5.47. The topological polar surface area (TPSA) is 107 Å². The minimum atomic E-state index is -1.47. The second kappa shape index (κ2) is 12.7. The smallest absolute Gasteiger partial charge is 0.326 e. The van der Waals surface area contributed by atoms with Gasteiger partial charge in [-0.15, -0.1) is 0 Å². The highest BCUT2D eigenvalue weighted by molar-refractivity contribution is 6.00. The first-order chi connectivity index (χ1) is 19.7. The van der Waals surface area contributed by atoms with Crippen LogP contribution < -0.4 is 14.8 Å². The first kappa shape index (κ1) is 29.4. The van der Waals surface area contributed by atoms with Crippen LogP contribution in [0.25, 0.3) is 22.0 Å². The second-order valence-corrected chi connectivity index (χ2v) is 9.30. The summed E-state index contributed by atoms with van der Waals surface area (Å²) in [7, 11) is 3.10.